The Morgan fingerprint density at radius 3 is 2.90 bits per heavy atom. The van der Waals surface area contributed by atoms with Gasteiger partial charge in [-0.3, -0.25) is 4.79 Å². The zero-order valence-electron chi connectivity index (χ0n) is 11.6. The van der Waals surface area contributed by atoms with Crippen LogP contribution in [0.4, 0.5) is 0 Å². The summed E-state index contributed by atoms with van der Waals surface area (Å²) >= 11 is 5.99. The molecule has 1 aliphatic rings. The van der Waals surface area contributed by atoms with Gasteiger partial charge in [-0.1, -0.05) is 29.8 Å². The van der Waals surface area contributed by atoms with Crippen molar-refractivity contribution in [2.75, 3.05) is 7.11 Å². The lowest BCUT2D eigenvalue weighted by Crippen LogP contribution is -2.27. The average molecular weight is 303 g/mol. The standard InChI is InChI=1S/C17H15ClO3/c1-20-15-7-6-13(18)8-12(15)9-14(19)17-10-11-4-2-3-5-16(11)21-17/h2-8,17H,9-10H2,1H3. The quantitative estimate of drug-likeness (QED) is 0.867. The first-order chi connectivity index (χ1) is 10.2. The van der Waals surface area contributed by atoms with Crippen LogP contribution in [0.25, 0.3) is 0 Å². The average Bonchev–Trinajstić information content (AvgIpc) is 2.91. The summed E-state index contributed by atoms with van der Waals surface area (Å²) < 4.78 is 11.0. The topological polar surface area (TPSA) is 35.5 Å². The van der Waals surface area contributed by atoms with Crippen molar-refractivity contribution in [2.45, 2.75) is 18.9 Å². The number of ether oxygens (including phenoxy) is 2. The molecular formula is C17H15ClO3. The Labute approximate surface area is 128 Å². The molecule has 3 rings (SSSR count). The van der Waals surface area contributed by atoms with Gasteiger partial charge in [0, 0.05) is 23.4 Å². The first-order valence-electron chi connectivity index (χ1n) is 6.77. The van der Waals surface area contributed by atoms with Gasteiger partial charge in [0.15, 0.2) is 11.9 Å². The van der Waals surface area contributed by atoms with Crippen LogP contribution in [-0.4, -0.2) is 19.0 Å². The van der Waals surface area contributed by atoms with Gasteiger partial charge in [-0.2, -0.15) is 0 Å². The van der Waals surface area contributed by atoms with E-state index in [1.165, 1.54) is 0 Å². The number of Topliss-reactive ketones (excluding diaryl/α,β-unsaturated/α-hetero) is 1. The van der Waals surface area contributed by atoms with E-state index in [0.717, 1.165) is 16.9 Å². The highest BCUT2D eigenvalue weighted by molar-refractivity contribution is 6.30. The summed E-state index contributed by atoms with van der Waals surface area (Å²) in [6.45, 7) is 0. The Balaban J connectivity index is 1.75. The van der Waals surface area contributed by atoms with Gasteiger partial charge in [-0.25, -0.2) is 0 Å². The van der Waals surface area contributed by atoms with Gasteiger partial charge >= 0.3 is 0 Å². The Bertz CT molecular complexity index is 656. The van der Waals surface area contributed by atoms with Gasteiger partial charge in [0.2, 0.25) is 0 Å². The molecule has 4 heteroatoms. The van der Waals surface area contributed by atoms with E-state index >= 15 is 0 Å². The van der Waals surface area contributed by atoms with Gasteiger partial charge < -0.3 is 9.47 Å². The van der Waals surface area contributed by atoms with Crippen molar-refractivity contribution >= 4 is 17.4 Å². The molecule has 1 unspecified atom stereocenters. The number of hydrogen-bond acceptors (Lipinski definition) is 3. The number of carbonyl (C=O) groups excluding carboxylic acids is 1. The fourth-order valence-electron chi connectivity index (χ4n) is 2.55. The van der Waals surface area contributed by atoms with Crippen LogP contribution in [0.2, 0.25) is 5.02 Å². The minimum absolute atomic E-state index is 0.0340. The molecule has 1 aliphatic heterocycles. The smallest absolute Gasteiger partial charge is 0.178 e. The summed E-state index contributed by atoms with van der Waals surface area (Å²) in [6, 6.07) is 13.0. The fourth-order valence-corrected chi connectivity index (χ4v) is 2.74. The van der Waals surface area contributed by atoms with E-state index < -0.39 is 6.10 Å². The summed E-state index contributed by atoms with van der Waals surface area (Å²) in [4.78, 5) is 12.4. The summed E-state index contributed by atoms with van der Waals surface area (Å²) in [5.74, 6) is 1.50. The molecule has 0 bridgehead atoms. The van der Waals surface area contributed by atoms with E-state index in [1.54, 1.807) is 25.3 Å². The Kier molecular flexibility index (Phi) is 3.84. The van der Waals surface area contributed by atoms with Crippen LogP contribution in [0.3, 0.4) is 0 Å². The lowest BCUT2D eigenvalue weighted by atomic mass is 10.0. The molecule has 0 amide bonds. The van der Waals surface area contributed by atoms with Gasteiger partial charge in [0.1, 0.15) is 11.5 Å². The van der Waals surface area contributed by atoms with Crippen LogP contribution >= 0.6 is 11.6 Å². The SMILES string of the molecule is COc1ccc(Cl)cc1CC(=O)C1Cc2ccccc2O1. The molecule has 21 heavy (non-hydrogen) atoms. The fraction of sp³-hybridized carbons (Fsp3) is 0.235. The van der Waals surface area contributed by atoms with E-state index in [9.17, 15) is 4.79 Å². The number of hydrogen-bond donors (Lipinski definition) is 0. The summed E-state index contributed by atoms with van der Waals surface area (Å²) in [6.07, 6.45) is 0.450. The second-order valence-corrected chi connectivity index (χ2v) is 5.45. The molecule has 0 N–H and O–H groups in total. The maximum absolute atomic E-state index is 12.4. The van der Waals surface area contributed by atoms with Crippen LogP contribution < -0.4 is 9.47 Å². The number of fused-ring (bicyclic) bond motifs is 1. The molecule has 0 fully saturated rings. The second-order valence-electron chi connectivity index (χ2n) is 5.02. The lowest BCUT2D eigenvalue weighted by molar-refractivity contribution is -0.124. The largest absolute Gasteiger partial charge is 0.496 e. The Morgan fingerprint density at radius 2 is 2.14 bits per heavy atom. The van der Waals surface area contributed by atoms with Crippen LogP contribution in [0.5, 0.6) is 11.5 Å². The van der Waals surface area contributed by atoms with Crippen LogP contribution in [0.1, 0.15) is 11.1 Å². The molecule has 1 heterocycles. The molecule has 1 atom stereocenters. The molecule has 0 saturated heterocycles. The van der Waals surface area contributed by atoms with E-state index in [4.69, 9.17) is 21.1 Å². The van der Waals surface area contributed by atoms with E-state index in [1.807, 2.05) is 24.3 Å². The first kappa shape index (κ1) is 14.0. The number of carbonyl (C=O) groups is 1. The molecule has 0 aromatic heterocycles. The zero-order valence-corrected chi connectivity index (χ0v) is 12.4. The van der Waals surface area contributed by atoms with Gasteiger partial charge in [-0.05, 0) is 29.8 Å². The monoisotopic (exact) mass is 302 g/mol. The highest BCUT2D eigenvalue weighted by Gasteiger charge is 2.29. The number of ketones is 1. The van der Waals surface area contributed by atoms with Crippen molar-refractivity contribution in [3.8, 4) is 11.5 Å². The number of para-hydroxylation sites is 1. The van der Waals surface area contributed by atoms with Gasteiger partial charge in [0.05, 0.1) is 7.11 Å². The highest BCUT2D eigenvalue weighted by atomic mass is 35.5. The molecular weight excluding hydrogens is 288 g/mol. The molecule has 2 aromatic rings. The summed E-state index contributed by atoms with van der Waals surface area (Å²) in [7, 11) is 1.58. The third-order valence-electron chi connectivity index (χ3n) is 3.61. The molecule has 0 radical (unpaired) electrons. The molecule has 3 nitrogen and oxygen atoms in total. The number of halogens is 1. The molecule has 0 saturated carbocycles. The van der Waals surface area contributed by atoms with Crippen LogP contribution in [-0.2, 0) is 17.6 Å². The van der Waals surface area contributed by atoms with E-state index in [0.29, 0.717) is 17.2 Å². The summed E-state index contributed by atoms with van der Waals surface area (Å²) in [5, 5.41) is 0.592. The highest BCUT2D eigenvalue weighted by Crippen LogP contribution is 2.30. The number of benzene rings is 2. The van der Waals surface area contributed by atoms with Crippen LogP contribution in [0, 0.1) is 0 Å². The third-order valence-corrected chi connectivity index (χ3v) is 3.85. The van der Waals surface area contributed by atoms with E-state index in [-0.39, 0.29) is 12.2 Å². The Hall–Kier alpha value is -2.00. The predicted octanol–water partition coefficient (Wildman–Crippen LogP) is 3.46. The zero-order chi connectivity index (χ0) is 14.8. The van der Waals surface area contributed by atoms with Gasteiger partial charge in [0.25, 0.3) is 0 Å². The maximum atomic E-state index is 12.4. The summed E-state index contributed by atoms with van der Waals surface area (Å²) in [5.41, 5.74) is 1.86. The van der Waals surface area contributed by atoms with E-state index in [2.05, 4.69) is 0 Å². The van der Waals surface area contributed by atoms with Crippen molar-refractivity contribution in [1.82, 2.24) is 0 Å². The third kappa shape index (κ3) is 2.88. The van der Waals surface area contributed by atoms with Gasteiger partial charge in [-0.15, -0.1) is 0 Å². The maximum Gasteiger partial charge on any atom is 0.178 e. The van der Waals surface area contributed by atoms with Crippen molar-refractivity contribution in [2.24, 2.45) is 0 Å². The minimum atomic E-state index is -0.425. The normalized spacial score (nSPS) is 16.2. The lowest BCUT2D eigenvalue weighted by Gasteiger charge is -2.12. The van der Waals surface area contributed by atoms with Crippen molar-refractivity contribution in [3.05, 3.63) is 58.6 Å². The number of rotatable bonds is 4. The minimum Gasteiger partial charge on any atom is -0.496 e. The van der Waals surface area contributed by atoms with Crippen LogP contribution in [0.15, 0.2) is 42.5 Å². The Morgan fingerprint density at radius 1 is 1.33 bits per heavy atom. The second kappa shape index (κ2) is 5.78. The molecule has 108 valence electrons. The molecule has 2 aromatic carbocycles. The molecule has 0 aliphatic carbocycles. The predicted molar refractivity (Wildman–Crippen MR) is 81.3 cm³/mol. The first-order valence-corrected chi connectivity index (χ1v) is 7.15. The molecule has 0 spiro atoms. The van der Waals surface area contributed by atoms with Crippen molar-refractivity contribution in [1.29, 1.82) is 0 Å². The van der Waals surface area contributed by atoms with Crippen molar-refractivity contribution < 1.29 is 14.3 Å². The number of methoxy groups -OCH3 is 1. The van der Waals surface area contributed by atoms with Crippen molar-refractivity contribution in [3.63, 3.8) is 0 Å².